The number of nitrogens with two attached hydrogens (primary N) is 1. The van der Waals surface area contributed by atoms with E-state index in [4.69, 9.17) is 24.5 Å². The number of rotatable bonds is 10. The van der Waals surface area contributed by atoms with Crippen molar-refractivity contribution in [3.8, 4) is 5.75 Å². The van der Waals surface area contributed by atoms with Crippen LogP contribution in [-0.2, 0) is 25.3 Å². The number of ether oxygens (including phenoxy) is 2. The van der Waals surface area contributed by atoms with E-state index in [1.807, 2.05) is 39.8 Å². The van der Waals surface area contributed by atoms with Crippen LogP contribution in [0, 0.1) is 0 Å². The molecule has 1 aromatic rings. The molecule has 0 spiro atoms. The van der Waals surface area contributed by atoms with Gasteiger partial charge in [-0.25, -0.2) is 0 Å². The molecule has 0 saturated carbocycles. The summed E-state index contributed by atoms with van der Waals surface area (Å²) in [4.78, 5) is 12.5. The van der Waals surface area contributed by atoms with Crippen LogP contribution in [0.1, 0.15) is 46.1 Å². The fourth-order valence-electron chi connectivity index (χ4n) is 3.19. The lowest BCUT2D eigenvalue weighted by molar-refractivity contribution is -0.123. The van der Waals surface area contributed by atoms with Gasteiger partial charge in [0.1, 0.15) is 11.8 Å². The summed E-state index contributed by atoms with van der Waals surface area (Å²) in [5, 5.41) is 3.01. The SMILES string of the molecule is COC[C@@H](N)C(=O)N[C@@H](CCCc1ccc(OC)cc1)B1OC(C)(C)C(C)(C)O1.Cl. The van der Waals surface area contributed by atoms with Crippen LogP contribution in [0.25, 0.3) is 0 Å². The van der Waals surface area contributed by atoms with E-state index in [1.54, 1.807) is 7.11 Å². The van der Waals surface area contributed by atoms with Crippen molar-refractivity contribution in [1.29, 1.82) is 0 Å². The van der Waals surface area contributed by atoms with Crippen LogP contribution in [-0.4, -0.2) is 57.0 Å². The number of hydrogen-bond donors (Lipinski definition) is 2. The van der Waals surface area contributed by atoms with Gasteiger partial charge in [0.05, 0.1) is 30.9 Å². The first-order valence-corrected chi connectivity index (χ1v) is 10.1. The Morgan fingerprint density at radius 1 is 1.13 bits per heavy atom. The Balaban J connectivity index is 0.00000450. The quantitative estimate of drug-likeness (QED) is 0.541. The summed E-state index contributed by atoms with van der Waals surface area (Å²) in [6.45, 7) is 8.16. The highest BCUT2D eigenvalue weighted by Crippen LogP contribution is 2.38. The Kier molecular flexibility index (Phi) is 10.1. The number of nitrogens with one attached hydrogen (secondary N) is 1. The molecular formula is C21H36BClN2O5. The van der Waals surface area contributed by atoms with Crippen molar-refractivity contribution in [2.75, 3.05) is 20.8 Å². The summed E-state index contributed by atoms with van der Waals surface area (Å²) in [7, 11) is 2.64. The van der Waals surface area contributed by atoms with Crippen molar-refractivity contribution >= 4 is 25.4 Å². The van der Waals surface area contributed by atoms with Crippen molar-refractivity contribution in [2.24, 2.45) is 5.73 Å². The van der Waals surface area contributed by atoms with Gasteiger partial charge in [-0.2, -0.15) is 0 Å². The number of benzene rings is 1. The lowest BCUT2D eigenvalue weighted by Gasteiger charge is -2.32. The van der Waals surface area contributed by atoms with Gasteiger partial charge in [0.25, 0.3) is 0 Å². The molecule has 0 unspecified atom stereocenters. The topological polar surface area (TPSA) is 92.0 Å². The van der Waals surface area contributed by atoms with E-state index >= 15 is 0 Å². The van der Waals surface area contributed by atoms with Gasteiger partial charge < -0.3 is 29.8 Å². The van der Waals surface area contributed by atoms with Gasteiger partial charge in [-0.05, 0) is 64.7 Å². The van der Waals surface area contributed by atoms with Crippen molar-refractivity contribution < 1.29 is 23.6 Å². The number of aryl methyl sites for hydroxylation is 1. The molecule has 1 fully saturated rings. The molecule has 0 radical (unpaired) electrons. The third-order valence-electron chi connectivity index (χ3n) is 5.75. The lowest BCUT2D eigenvalue weighted by Crippen LogP contribution is -2.53. The average Bonchev–Trinajstić information content (AvgIpc) is 2.88. The number of carbonyl (C=O) groups is 1. The first kappa shape index (κ1) is 26.7. The number of carbonyl (C=O) groups excluding carboxylic acids is 1. The summed E-state index contributed by atoms with van der Waals surface area (Å²) < 4.78 is 22.5. The van der Waals surface area contributed by atoms with Gasteiger partial charge in [-0.15, -0.1) is 12.4 Å². The molecule has 3 N–H and O–H groups in total. The predicted molar refractivity (Wildman–Crippen MR) is 121 cm³/mol. The summed E-state index contributed by atoms with van der Waals surface area (Å²) in [6, 6.07) is 7.27. The van der Waals surface area contributed by atoms with E-state index in [9.17, 15) is 4.79 Å². The maximum atomic E-state index is 12.5. The number of hydrogen-bond acceptors (Lipinski definition) is 6. The van der Waals surface area contributed by atoms with Crippen molar-refractivity contribution in [1.82, 2.24) is 5.32 Å². The number of methoxy groups -OCH3 is 2. The molecule has 1 heterocycles. The van der Waals surface area contributed by atoms with Crippen LogP contribution in [0.5, 0.6) is 5.75 Å². The van der Waals surface area contributed by atoms with Crippen LogP contribution in [0.4, 0.5) is 0 Å². The highest BCUT2D eigenvalue weighted by molar-refractivity contribution is 6.48. The van der Waals surface area contributed by atoms with Gasteiger partial charge in [0.2, 0.25) is 5.91 Å². The lowest BCUT2D eigenvalue weighted by atomic mass is 9.75. The van der Waals surface area contributed by atoms with E-state index < -0.39 is 24.4 Å². The first-order valence-electron chi connectivity index (χ1n) is 10.1. The molecule has 0 bridgehead atoms. The molecule has 2 atom stereocenters. The Hall–Kier alpha value is -1.32. The Morgan fingerprint density at radius 3 is 2.20 bits per heavy atom. The fourth-order valence-corrected chi connectivity index (χ4v) is 3.19. The molecule has 1 aliphatic heterocycles. The molecule has 1 saturated heterocycles. The van der Waals surface area contributed by atoms with Gasteiger partial charge in [0, 0.05) is 7.11 Å². The van der Waals surface area contributed by atoms with Crippen LogP contribution >= 0.6 is 12.4 Å². The highest BCUT2D eigenvalue weighted by atomic mass is 35.5. The van der Waals surface area contributed by atoms with Gasteiger partial charge in [-0.3, -0.25) is 4.79 Å². The van der Waals surface area contributed by atoms with Gasteiger partial charge in [-0.1, -0.05) is 12.1 Å². The standard InChI is InChI=1S/C21H35BN2O5.ClH/c1-20(2)21(3,4)29-22(28-20)18(24-19(25)17(23)14-26-5)9-7-8-15-10-12-16(27-6)13-11-15;/h10-13,17-18H,7-9,14,23H2,1-6H3,(H,24,25);1H/t17-,18+;/m1./s1. The van der Waals surface area contributed by atoms with Crippen LogP contribution in [0.15, 0.2) is 24.3 Å². The maximum absolute atomic E-state index is 12.5. The molecule has 7 nitrogen and oxygen atoms in total. The summed E-state index contributed by atoms with van der Waals surface area (Å²) in [5.74, 6) is 0.268. The van der Waals surface area contributed by atoms with Crippen molar-refractivity contribution in [3.63, 3.8) is 0 Å². The second-order valence-corrected chi connectivity index (χ2v) is 8.54. The Morgan fingerprint density at radius 2 is 1.70 bits per heavy atom. The fraction of sp³-hybridized carbons (Fsp3) is 0.667. The number of amides is 1. The monoisotopic (exact) mass is 442 g/mol. The second-order valence-electron chi connectivity index (χ2n) is 8.54. The van der Waals surface area contributed by atoms with E-state index in [2.05, 4.69) is 17.4 Å². The number of halogens is 1. The molecule has 170 valence electrons. The first-order chi connectivity index (χ1) is 13.6. The van der Waals surface area contributed by atoms with Crippen LogP contribution in [0.2, 0.25) is 0 Å². The molecule has 30 heavy (non-hydrogen) atoms. The molecule has 0 aliphatic carbocycles. The van der Waals surface area contributed by atoms with Gasteiger partial charge >= 0.3 is 7.12 Å². The minimum atomic E-state index is -0.730. The largest absolute Gasteiger partial charge is 0.497 e. The van der Waals surface area contributed by atoms with E-state index in [1.165, 1.54) is 12.7 Å². The van der Waals surface area contributed by atoms with Crippen LogP contribution in [0.3, 0.4) is 0 Å². The Labute approximate surface area is 186 Å². The molecule has 1 aliphatic rings. The zero-order valence-electron chi connectivity index (χ0n) is 18.9. The maximum Gasteiger partial charge on any atom is 0.481 e. The van der Waals surface area contributed by atoms with E-state index in [0.29, 0.717) is 6.42 Å². The second kappa shape index (κ2) is 11.3. The summed E-state index contributed by atoms with van der Waals surface area (Å²) in [6.07, 6.45) is 2.44. The molecule has 1 aromatic carbocycles. The summed E-state index contributed by atoms with van der Waals surface area (Å²) >= 11 is 0. The minimum Gasteiger partial charge on any atom is -0.497 e. The van der Waals surface area contributed by atoms with Crippen LogP contribution < -0.4 is 15.8 Å². The van der Waals surface area contributed by atoms with E-state index in [-0.39, 0.29) is 30.9 Å². The molecule has 9 heteroatoms. The zero-order chi connectivity index (χ0) is 21.7. The highest BCUT2D eigenvalue weighted by Gasteiger charge is 2.54. The molecule has 1 amide bonds. The smallest absolute Gasteiger partial charge is 0.481 e. The van der Waals surface area contributed by atoms with Gasteiger partial charge in [0.15, 0.2) is 0 Å². The third-order valence-corrected chi connectivity index (χ3v) is 5.75. The molecular weight excluding hydrogens is 407 g/mol. The zero-order valence-corrected chi connectivity index (χ0v) is 19.7. The predicted octanol–water partition coefficient (Wildman–Crippen LogP) is 2.53. The molecule has 0 aromatic heterocycles. The minimum absolute atomic E-state index is 0. The van der Waals surface area contributed by atoms with Crippen molar-refractivity contribution in [2.45, 2.75) is 70.1 Å². The molecule has 2 rings (SSSR count). The van der Waals surface area contributed by atoms with Crippen molar-refractivity contribution in [3.05, 3.63) is 29.8 Å². The normalized spacial score (nSPS) is 19.0. The Bertz CT molecular complexity index is 656. The van der Waals surface area contributed by atoms with E-state index in [0.717, 1.165) is 18.6 Å². The average molecular weight is 443 g/mol. The summed E-state index contributed by atoms with van der Waals surface area (Å²) in [5.41, 5.74) is 6.17. The third kappa shape index (κ3) is 6.85.